The molecular weight excluding hydrogens is 259 g/mol. The third-order valence-corrected chi connectivity index (χ3v) is 5.57. The second-order valence-electron chi connectivity index (χ2n) is 3.35. The number of alkyl halides is 1. The standard InChI is InChI=1S/C12H17ClSe/c1-2-3-7-12(10-13)14-11-8-5-4-6-9-11/h4-6,8-9,12H,2-3,7,10H2,1H3. The second-order valence-corrected chi connectivity index (χ2v) is 6.54. The number of rotatable bonds is 6. The Morgan fingerprint density at radius 2 is 2.00 bits per heavy atom. The van der Waals surface area contributed by atoms with Crippen LogP contribution in [0.1, 0.15) is 26.2 Å². The Kier molecular flexibility index (Phi) is 6.34. The zero-order valence-corrected chi connectivity index (χ0v) is 11.0. The van der Waals surface area contributed by atoms with Gasteiger partial charge >= 0.3 is 98.2 Å². The summed E-state index contributed by atoms with van der Waals surface area (Å²) in [4.78, 5) is 0.714. The number of hydrogen-bond donors (Lipinski definition) is 0. The van der Waals surface area contributed by atoms with Crippen LogP contribution >= 0.6 is 11.6 Å². The third kappa shape index (κ3) is 4.50. The molecule has 14 heavy (non-hydrogen) atoms. The van der Waals surface area contributed by atoms with Crippen molar-refractivity contribution in [2.75, 3.05) is 5.88 Å². The summed E-state index contributed by atoms with van der Waals surface area (Å²) in [6.45, 7) is 2.24. The van der Waals surface area contributed by atoms with E-state index in [0.29, 0.717) is 19.8 Å². The molecule has 0 amide bonds. The van der Waals surface area contributed by atoms with Crippen molar-refractivity contribution < 1.29 is 0 Å². The Balaban J connectivity index is 2.40. The molecular formula is C12H17ClSe. The van der Waals surface area contributed by atoms with Crippen molar-refractivity contribution in [2.24, 2.45) is 0 Å². The molecule has 0 nitrogen and oxygen atoms in total. The maximum absolute atomic E-state index is 5.97. The van der Waals surface area contributed by atoms with Gasteiger partial charge in [-0.15, -0.1) is 0 Å². The topological polar surface area (TPSA) is 0 Å². The predicted octanol–water partition coefficient (Wildman–Crippen LogP) is 3.23. The third-order valence-electron chi connectivity index (χ3n) is 2.10. The molecule has 1 aromatic rings. The molecule has 0 bridgehead atoms. The molecule has 0 N–H and O–H groups in total. The summed E-state index contributed by atoms with van der Waals surface area (Å²) in [5.74, 6) is 0.814. The van der Waals surface area contributed by atoms with Crippen LogP contribution < -0.4 is 4.46 Å². The molecule has 0 heterocycles. The van der Waals surface area contributed by atoms with E-state index in [4.69, 9.17) is 11.6 Å². The minimum absolute atomic E-state index is 0.554. The predicted molar refractivity (Wildman–Crippen MR) is 65.8 cm³/mol. The number of halogens is 1. The summed E-state index contributed by atoms with van der Waals surface area (Å²) in [7, 11) is 0. The van der Waals surface area contributed by atoms with Gasteiger partial charge in [-0.25, -0.2) is 0 Å². The molecule has 0 saturated carbocycles. The Bertz CT molecular complexity index is 235. The molecule has 2 heteroatoms. The van der Waals surface area contributed by atoms with Gasteiger partial charge in [0.15, 0.2) is 0 Å². The summed E-state index contributed by atoms with van der Waals surface area (Å²) in [6, 6.07) is 10.7. The van der Waals surface area contributed by atoms with Crippen LogP contribution in [-0.4, -0.2) is 20.8 Å². The molecule has 0 aliphatic rings. The van der Waals surface area contributed by atoms with Crippen molar-refractivity contribution in [3.63, 3.8) is 0 Å². The normalized spacial score (nSPS) is 12.7. The van der Waals surface area contributed by atoms with E-state index in [1.165, 1.54) is 23.7 Å². The van der Waals surface area contributed by atoms with E-state index in [1.807, 2.05) is 0 Å². The summed E-state index contributed by atoms with van der Waals surface area (Å²) in [5.41, 5.74) is 0. The van der Waals surface area contributed by atoms with Gasteiger partial charge in [0.1, 0.15) is 0 Å². The zero-order chi connectivity index (χ0) is 10.2. The van der Waals surface area contributed by atoms with Crippen molar-refractivity contribution >= 4 is 31.0 Å². The Morgan fingerprint density at radius 1 is 1.29 bits per heavy atom. The fourth-order valence-corrected chi connectivity index (χ4v) is 3.97. The molecule has 0 aliphatic heterocycles. The van der Waals surface area contributed by atoms with Crippen LogP contribution in [0.15, 0.2) is 30.3 Å². The van der Waals surface area contributed by atoms with Crippen LogP contribution in [0.2, 0.25) is 4.82 Å². The van der Waals surface area contributed by atoms with Crippen LogP contribution in [0.3, 0.4) is 0 Å². The van der Waals surface area contributed by atoms with Gasteiger partial charge in [-0.2, -0.15) is 0 Å². The molecule has 1 unspecified atom stereocenters. The van der Waals surface area contributed by atoms with E-state index in [-0.39, 0.29) is 0 Å². The number of benzene rings is 1. The van der Waals surface area contributed by atoms with Gasteiger partial charge in [-0.3, -0.25) is 0 Å². The average Bonchev–Trinajstić information content (AvgIpc) is 2.25. The summed E-state index contributed by atoms with van der Waals surface area (Å²) in [6.07, 6.45) is 3.87. The molecule has 0 saturated heterocycles. The van der Waals surface area contributed by atoms with Gasteiger partial charge in [0.2, 0.25) is 0 Å². The first-order valence-corrected chi connectivity index (χ1v) is 7.52. The molecule has 78 valence electrons. The molecule has 0 spiro atoms. The first-order valence-electron chi connectivity index (χ1n) is 5.14. The van der Waals surface area contributed by atoms with Crippen molar-refractivity contribution in [1.82, 2.24) is 0 Å². The fraction of sp³-hybridized carbons (Fsp3) is 0.500. The number of unbranched alkanes of at least 4 members (excludes halogenated alkanes) is 1. The second kappa shape index (κ2) is 7.34. The van der Waals surface area contributed by atoms with Crippen molar-refractivity contribution in [3.05, 3.63) is 30.3 Å². The van der Waals surface area contributed by atoms with E-state index in [9.17, 15) is 0 Å². The average molecular weight is 276 g/mol. The summed E-state index contributed by atoms with van der Waals surface area (Å²) < 4.78 is 1.47. The van der Waals surface area contributed by atoms with E-state index < -0.39 is 0 Å². The van der Waals surface area contributed by atoms with Gasteiger partial charge in [-0.05, 0) is 0 Å². The van der Waals surface area contributed by atoms with E-state index in [0.717, 1.165) is 5.88 Å². The molecule has 1 rings (SSSR count). The SMILES string of the molecule is CCCCC(CCl)[Se]c1ccccc1. The van der Waals surface area contributed by atoms with Crippen LogP contribution in [0, 0.1) is 0 Å². The van der Waals surface area contributed by atoms with Crippen molar-refractivity contribution in [3.8, 4) is 0 Å². The molecule has 1 aromatic carbocycles. The van der Waals surface area contributed by atoms with Crippen molar-refractivity contribution in [2.45, 2.75) is 31.0 Å². The minimum atomic E-state index is 0.554. The first kappa shape index (κ1) is 12.1. The summed E-state index contributed by atoms with van der Waals surface area (Å²) in [5, 5.41) is 0. The molecule has 0 aromatic heterocycles. The first-order chi connectivity index (χ1) is 6.86. The Hall–Kier alpha value is 0.0295. The summed E-state index contributed by atoms with van der Waals surface area (Å²) >= 11 is 6.52. The monoisotopic (exact) mass is 276 g/mol. The van der Waals surface area contributed by atoms with Gasteiger partial charge in [-0.1, -0.05) is 0 Å². The van der Waals surface area contributed by atoms with E-state index >= 15 is 0 Å². The van der Waals surface area contributed by atoms with E-state index in [2.05, 4.69) is 37.3 Å². The van der Waals surface area contributed by atoms with Gasteiger partial charge in [0.05, 0.1) is 0 Å². The fourth-order valence-electron chi connectivity index (χ4n) is 1.29. The Labute approximate surface area is 98.2 Å². The van der Waals surface area contributed by atoms with Crippen LogP contribution in [0.4, 0.5) is 0 Å². The van der Waals surface area contributed by atoms with E-state index in [1.54, 1.807) is 0 Å². The van der Waals surface area contributed by atoms with Gasteiger partial charge in [0, 0.05) is 0 Å². The van der Waals surface area contributed by atoms with Gasteiger partial charge < -0.3 is 0 Å². The zero-order valence-electron chi connectivity index (χ0n) is 8.58. The van der Waals surface area contributed by atoms with Crippen LogP contribution in [0.25, 0.3) is 0 Å². The molecule has 1 atom stereocenters. The van der Waals surface area contributed by atoms with Crippen molar-refractivity contribution in [1.29, 1.82) is 0 Å². The maximum atomic E-state index is 5.97. The molecule has 0 fully saturated rings. The Morgan fingerprint density at radius 3 is 2.57 bits per heavy atom. The van der Waals surface area contributed by atoms with Crippen LogP contribution in [0.5, 0.6) is 0 Å². The molecule has 0 radical (unpaired) electrons. The van der Waals surface area contributed by atoms with Crippen LogP contribution in [-0.2, 0) is 0 Å². The number of hydrogen-bond acceptors (Lipinski definition) is 0. The van der Waals surface area contributed by atoms with Gasteiger partial charge in [0.25, 0.3) is 0 Å². The quantitative estimate of drug-likeness (QED) is 0.552. The molecule has 0 aliphatic carbocycles.